The first-order valence-electron chi connectivity index (χ1n) is 8.15. The third-order valence-corrected chi connectivity index (χ3v) is 5.76. The molecule has 2 aliphatic rings. The molecule has 3 N–H and O–H groups in total. The second-order valence-corrected chi connectivity index (χ2v) is 6.93. The molecule has 18 heavy (non-hydrogen) atoms. The van der Waals surface area contributed by atoms with Crippen LogP contribution in [-0.4, -0.2) is 19.6 Å². The molecule has 2 nitrogen and oxygen atoms in total. The highest BCUT2D eigenvalue weighted by molar-refractivity contribution is 4.89. The van der Waals surface area contributed by atoms with Crippen LogP contribution < -0.4 is 11.1 Å². The van der Waals surface area contributed by atoms with Gasteiger partial charge in [0.25, 0.3) is 0 Å². The van der Waals surface area contributed by atoms with E-state index in [1.165, 1.54) is 70.8 Å². The molecule has 2 saturated carbocycles. The normalized spacial score (nSPS) is 26.3. The zero-order chi connectivity index (χ0) is 12.9. The van der Waals surface area contributed by atoms with Crippen molar-refractivity contribution in [2.45, 2.75) is 71.1 Å². The molecule has 0 aliphatic heterocycles. The van der Waals surface area contributed by atoms with Crippen LogP contribution in [0, 0.1) is 10.8 Å². The Balaban J connectivity index is 1.79. The first kappa shape index (κ1) is 14.3. The van der Waals surface area contributed by atoms with E-state index in [0.29, 0.717) is 10.8 Å². The molecule has 0 spiro atoms. The lowest BCUT2D eigenvalue weighted by molar-refractivity contribution is 0.174. The van der Waals surface area contributed by atoms with Crippen LogP contribution in [0.5, 0.6) is 0 Å². The molecule has 0 atom stereocenters. The third-order valence-electron chi connectivity index (χ3n) is 5.76. The van der Waals surface area contributed by atoms with Gasteiger partial charge in [0.2, 0.25) is 0 Å². The molecule has 0 heterocycles. The van der Waals surface area contributed by atoms with Crippen LogP contribution in [-0.2, 0) is 0 Å². The van der Waals surface area contributed by atoms with Crippen LogP contribution in [0.25, 0.3) is 0 Å². The number of hydrogen-bond acceptors (Lipinski definition) is 2. The first-order valence-corrected chi connectivity index (χ1v) is 8.15. The molecule has 2 fully saturated rings. The van der Waals surface area contributed by atoms with E-state index >= 15 is 0 Å². The van der Waals surface area contributed by atoms with Gasteiger partial charge in [-0.3, -0.25) is 0 Å². The number of hydrogen-bond donors (Lipinski definition) is 2. The average Bonchev–Trinajstić information content (AvgIpc) is 2.89. The third kappa shape index (κ3) is 3.27. The van der Waals surface area contributed by atoms with Crippen LogP contribution >= 0.6 is 0 Å². The van der Waals surface area contributed by atoms with Gasteiger partial charge in [0.1, 0.15) is 0 Å². The first-order chi connectivity index (χ1) is 8.74. The minimum absolute atomic E-state index is 0.422. The predicted octanol–water partition coefficient (Wildman–Crippen LogP) is 3.46. The maximum absolute atomic E-state index is 6.06. The summed E-state index contributed by atoms with van der Waals surface area (Å²) in [6.45, 7) is 5.63. The van der Waals surface area contributed by atoms with E-state index in [1.807, 2.05) is 0 Å². The van der Waals surface area contributed by atoms with Gasteiger partial charge in [0.15, 0.2) is 0 Å². The monoisotopic (exact) mass is 252 g/mol. The van der Waals surface area contributed by atoms with E-state index in [2.05, 4.69) is 12.2 Å². The summed E-state index contributed by atoms with van der Waals surface area (Å²) in [4.78, 5) is 0. The fourth-order valence-electron chi connectivity index (χ4n) is 4.13. The summed E-state index contributed by atoms with van der Waals surface area (Å²) in [5, 5.41) is 3.80. The summed E-state index contributed by atoms with van der Waals surface area (Å²) in [6, 6.07) is 0. The van der Waals surface area contributed by atoms with Gasteiger partial charge in [-0.1, -0.05) is 39.0 Å². The van der Waals surface area contributed by atoms with Crippen molar-refractivity contribution < 1.29 is 0 Å². The second-order valence-electron chi connectivity index (χ2n) is 6.93. The number of nitrogens with one attached hydrogen (secondary N) is 1. The van der Waals surface area contributed by atoms with E-state index in [0.717, 1.165) is 13.1 Å². The summed E-state index contributed by atoms with van der Waals surface area (Å²) in [5.74, 6) is 0. The maximum atomic E-state index is 6.06. The fraction of sp³-hybridized carbons (Fsp3) is 1.00. The summed E-state index contributed by atoms with van der Waals surface area (Å²) < 4.78 is 0. The lowest BCUT2D eigenvalue weighted by Crippen LogP contribution is -2.44. The Kier molecular flexibility index (Phi) is 5.08. The van der Waals surface area contributed by atoms with Crippen molar-refractivity contribution in [1.29, 1.82) is 0 Å². The van der Waals surface area contributed by atoms with Gasteiger partial charge in [-0.2, -0.15) is 0 Å². The zero-order valence-corrected chi connectivity index (χ0v) is 12.3. The molecule has 0 unspecified atom stereocenters. The van der Waals surface area contributed by atoms with E-state index in [9.17, 15) is 0 Å². The van der Waals surface area contributed by atoms with Crippen molar-refractivity contribution in [2.24, 2.45) is 16.6 Å². The highest BCUT2D eigenvalue weighted by Crippen LogP contribution is 2.41. The van der Waals surface area contributed by atoms with E-state index < -0.39 is 0 Å². The molecule has 2 aliphatic carbocycles. The van der Waals surface area contributed by atoms with Crippen LogP contribution in [0.15, 0.2) is 0 Å². The molecule has 0 bridgehead atoms. The Bertz CT molecular complexity index is 237. The molecule has 0 aromatic heterocycles. The number of nitrogens with two attached hydrogens (primary N) is 1. The van der Waals surface area contributed by atoms with Gasteiger partial charge in [-0.25, -0.2) is 0 Å². The minimum Gasteiger partial charge on any atom is -0.330 e. The Morgan fingerprint density at radius 2 is 1.33 bits per heavy atom. The Morgan fingerprint density at radius 3 is 1.89 bits per heavy atom. The molecule has 0 aromatic carbocycles. The quantitative estimate of drug-likeness (QED) is 0.760. The molecule has 0 amide bonds. The van der Waals surface area contributed by atoms with Crippen molar-refractivity contribution in [3.05, 3.63) is 0 Å². The molecule has 0 saturated heterocycles. The Morgan fingerprint density at radius 1 is 0.833 bits per heavy atom. The highest BCUT2D eigenvalue weighted by atomic mass is 14.9. The van der Waals surface area contributed by atoms with Gasteiger partial charge >= 0.3 is 0 Å². The van der Waals surface area contributed by atoms with Gasteiger partial charge in [0.05, 0.1) is 0 Å². The second kappa shape index (κ2) is 6.38. The molecule has 0 radical (unpaired) electrons. The van der Waals surface area contributed by atoms with Crippen molar-refractivity contribution in [2.75, 3.05) is 19.6 Å². The van der Waals surface area contributed by atoms with Gasteiger partial charge in [-0.05, 0) is 49.5 Å². The van der Waals surface area contributed by atoms with Crippen LogP contribution in [0.3, 0.4) is 0 Å². The summed E-state index contributed by atoms with van der Waals surface area (Å²) in [5.41, 5.74) is 7.10. The topological polar surface area (TPSA) is 38.0 Å². The van der Waals surface area contributed by atoms with E-state index in [4.69, 9.17) is 5.73 Å². The van der Waals surface area contributed by atoms with Crippen molar-refractivity contribution in [3.8, 4) is 0 Å². The minimum atomic E-state index is 0.422. The van der Waals surface area contributed by atoms with Crippen molar-refractivity contribution in [1.82, 2.24) is 5.32 Å². The van der Waals surface area contributed by atoms with Gasteiger partial charge < -0.3 is 11.1 Å². The van der Waals surface area contributed by atoms with Crippen molar-refractivity contribution >= 4 is 0 Å². The Labute approximate surface area is 113 Å². The largest absolute Gasteiger partial charge is 0.330 e. The smallest absolute Gasteiger partial charge is 0.00201 e. The maximum Gasteiger partial charge on any atom is 0.00201 e. The Hall–Kier alpha value is -0.0800. The zero-order valence-electron chi connectivity index (χ0n) is 12.3. The molecule has 106 valence electrons. The predicted molar refractivity (Wildman–Crippen MR) is 78.6 cm³/mol. The molecular formula is C16H32N2. The summed E-state index contributed by atoms with van der Waals surface area (Å²) in [6.07, 6.45) is 14.0. The molecule has 0 aromatic rings. The standard InChI is InChI=1S/C16H32N2/c1-2-15(8-6-7-9-15)13-18-14-16(12-17)10-4-3-5-11-16/h18H,2-14,17H2,1H3. The van der Waals surface area contributed by atoms with Crippen LogP contribution in [0.2, 0.25) is 0 Å². The SMILES string of the molecule is CCC1(CNCC2(CN)CCCCC2)CCCC1. The lowest BCUT2D eigenvalue weighted by Gasteiger charge is -2.38. The van der Waals surface area contributed by atoms with Gasteiger partial charge in [0, 0.05) is 13.1 Å². The highest BCUT2D eigenvalue weighted by Gasteiger charge is 2.34. The van der Waals surface area contributed by atoms with Crippen molar-refractivity contribution in [3.63, 3.8) is 0 Å². The summed E-state index contributed by atoms with van der Waals surface area (Å²) >= 11 is 0. The summed E-state index contributed by atoms with van der Waals surface area (Å²) in [7, 11) is 0. The average molecular weight is 252 g/mol. The lowest BCUT2D eigenvalue weighted by atomic mass is 9.73. The number of rotatable bonds is 6. The van der Waals surface area contributed by atoms with Crippen LogP contribution in [0.4, 0.5) is 0 Å². The fourth-order valence-corrected chi connectivity index (χ4v) is 4.13. The van der Waals surface area contributed by atoms with Gasteiger partial charge in [-0.15, -0.1) is 0 Å². The molecule has 2 rings (SSSR count). The van der Waals surface area contributed by atoms with Crippen LogP contribution in [0.1, 0.15) is 71.1 Å². The van der Waals surface area contributed by atoms with E-state index in [-0.39, 0.29) is 0 Å². The molecule has 2 heteroatoms. The van der Waals surface area contributed by atoms with E-state index in [1.54, 1.807) is 0 Å². The molecular weight excluding hydrogens is 220 g/mol.